The number of benzene rings is 1. The zero-order chi connectivity index (χ0) is 15.0. The minimum Gasteiger partial charge on any atom is -0.487 e. The molecule has 6 heteroatoms. The van der Waals surface area contributed by atoms with Gasteiger partial charge < -0.3 is 14.7 Å². The molecule has 0 saturated carbocycles. The minimum atomic E-state index is -0.356. The second kappa shape index (κ2) is 5.52. The SMILES string of the molecule is CCOc1cccc(N2C3CCC2CC(O)C3)c1[N+](=O)[O-]. The molecule has 114 valence electrons. The van der Waals surface area contributed by atoms with Crippen LogP contribution in [0.1, 0.15) is 32.6 Å². The number of hydrogen-bond acceptors (Lipinski definition) is 5. The summed E-state index contributed by atoms with van der Waals surface area (Å²) in [6.07, 6.45) is 3.06. The minimum absolute atomic E-state index is 0.0487. The first kappa shape index (κ1) is 14.1. The lowest BCUT2D eigenvalue weighted by atomic mass is 9.98. The van der Waals surface area contributed by atoms with Gasteiger partial charge in [-0.05, 0) is 44.7 Å². The largest absolute Gasteiger partial charge is 0.487 e. The van der Waals surface area contributed by atoms with E-state index in [-0.39, 0.29) is 28.8 Å². The average Bonchev–Trinajstić information content (AvgIpc) is 2.70. The van der Waals surface area contributed by atoms with Crippen LogP contribution in [-0.2, 0) is 0 Å². The van der Waals surface area contributed by atoms with E-state index in [9.17, 15) is 15.2 Å². The summed E-state index contributed by atoms with van der Waals surface area (Å²) in [5, 5.41) is 21.4. The van der Waals surface area contributed by atoms with E-state index in [0.717, 1.165) is 12.8 Å². The van der Waals surface area contributed by atoms with E-state index < -0.39 is 0 Å². The first-order valence-electron chi connectivity index (χ1n) is 7.48. The Morgan fingerprint density at radius 2 is 2.05 bits per heavy atom. The van der Waals surface area contributed by atoms with Gasteiger partial charge in [-0.25, -0.2) is 0 Å². The fraction of sp³-hybridized carbons (Fsp3) is 0.600. The fourth-order valence-corrected chi connectivity index (χ4v) is 3.72. The summed E-state index contributed by atoms with van der Waals surface area (Å²) in [6.45, 7) is 2.22. The Bertz CT molecular complexity index is 534. The van der Waals surface area contributed by atoms with Crippen molar-refractivity contribution in [1.29, 1.82) is 0 Å². The molecule has 0 amide bonds. The monoisotopic (exact) mass is 292 g/mol. The fourth-order valence-electron chi connectivity index (χ4n) is 3.72. The summed E-state index contributed by atoms with van der Waals surface area (Å²) in [5.41, 5.74) is 0.679. The molecule has 2 heterocycles. The third-order valence-corrected chi connectivity index (χ3v) is 4.45. The number of aliphatic hydroxyl groups is 1. The van der Waals surface area contributed by atoms with Crippen LogP contribution in [0.15, 0.2) is 18.2 Å². The summed E-state index contributed by atoms with van der Waals surface area (Å²) >= 11 is 0. The van der Waals surface area contributed by atoms with Gasteiger partial charge in [0.25, 0.3) is 0 Å². The zero-order valence-electron chi connectivity index (χ0n) is 12.1. The first-order valence-corrected chi connectivity index (χ1v) is 7.48. The maximum Gasteiger partial charge on any atom is 0.333 e. The van der Waals surface area contributed by atoms with Gasteiger partial charge in [0.1, 0.15) is 5.69 Å². The standard InChI is InChI=1S/C15H20N2O4/c1-2-21-14-5-3-4-13(15(14)17(19)20)16-10-6-7-11(16)9-12(18)8-10/h3-5,10-12,18H,2,6-9H2,1H3. The number of nitrogens with zero attached hydrogens (tertiary/aromatic N) is 2. The Morgan fingerprint density at radius 3 is 2.62 bits per heavy atom. The maximum absolute atomic E-state index is 11.5. The Balaban J connectivity index is 2.02. The van der Waals surface area contributed by atoms with Gasteiger partial charge in [-0.3, -0.25) is 10.1 Å². The van der Waals surface area contributed by atoms with Crippen LogP contribution in [0, 0.1) is 10.1 Å². The number of nitro groups is 1. The van der Waals surface area contributed by atoms with Gasteiger partial charge >= 0.3 is 5.69 Å². The highest BCUT2D eigenvalue weighted by Crippen LogP contribution is 2.45. The molecule has 1 aromatic carbocycles. The first-order chi connectivity index (χ1) is 10.1. The Morgan fingerprint density at radius 1 is 1.38 bits per heavy atom. The van der Waals surface area contributed by atoms with Crippen LogP contribution < -0.4 is 9.64 Å². The second-order valence-electron chi connectivity index (χ2n) is 5.73. The van der Waals surface area contributed by atoms with E-state index in [0.29, 0.717) is 30.9 Å². The van der Waals surface area contributed by atoms with E-state index in [1.807, 2.05) is 6.92 Å². The van der Waals surface area contributed by atoms with Crippen molar-refractivity contribution in [1.82, 2.24) is 0 Å². The van der Waals surface area contributed by atoms with Crippen molar-refractivity contribution in [2.24, 2.45) is 0 Å². The Kier molecular flexibility index (Phi) is 3.71. The van der Waals surface area contributed by atoms with Crippen LogP contribution in [0.3, 0.4) is 0 Å². The van der Waals surface area contributed by atoms with E-state index in [1.54, 1.807) is 18.2 Å². The lowest BCUT2D eigenvalue weighted by Crippen LogP contribution is -2.45. The van der Waals surface area contributed by atoms with Crippen LogP contribution in [0.5, 0.6) is 5.75 Å². The highest BCUT2D eigenvalue weighted by Gasteiger charge is 2.43. The highest BCUT2D eigenvalue weighted by atomic mass is 16.6. The van der Waals surface area contributed by atoms with E-state index in [1.165, 1.54) is 0 Å². The molecule has 2 aliphatic rings. The molecule has 0 radical (unpaired) electrons. The van der Waals surface area contributed by atoms with E-state index >= 15 is 0 Å². The summed E-state index contributed by atoms with van der Waals surface area (Å²) in [5.74, 6) is 0.325. The van der Waals surface area contributed by atoms with Crippen LogP contribution in [0.25, 0.3) is 0 Å². The number of nitro benzene ring substituents is 1. The van der Waals surface area contributed by atoms with Gasteiger partial charge in [0.15, 0.2) is 5.75 Å². The Labute approximate surface area is 123 Å². The molecule has 2 bridgehead atoms. The normalized spacial score (nSPS) is 27.7. The molecule has 2 saturated heterocycles. The Hall–Kier alpha value is -1.82. The molecule has 1 aromatic rings. The zero-order valence-corrected chi connectivity index (χ0v) is 12.1. The van der Waals surface area contributed by atoms with Crippen molar-refractivity contribution in [2.75, 3.05) is 11.5 Å². The molecule has 3 rings (SSSR count). The van der Waals surface area contributed by atoms with Gasteiger partial charge in [0, 0.05) is 12.1 Å². The molecule has 2 fully saturated rings. The number of rotatable bonds is 4. The molecule has 2 unspecified atom stereocenters. The number of fused-ring (bicyclic) bond motifs is 2. The van der Waals surface area contributed by atoms with Crippen LogP contribution in [-0.4, -0.2) is 34.8 Å². The molecule has 0 aromatic heterocycles. The predicted octanol–water partition coefficient (Wildman–Crippen LogP) is 2.49. The molecule has 2 aliphatic heterocycles. The number of piperidine rings is 1. The molecule has 21 heavy (non-hydrogen) atoms. The van der Waals surface area contributed by atoms with Gasteiger partial charge in [0.05, 0.1) is 17.6 Å². The topological polar surface area (TPSA) is 75.8 Å². The molecule has 2 atom stereocenters. The summed E-state index contributed by atoms with van der Waals surface area (Å²) in [6, 6.07) is 5.62. The molecular weight excluding hydrogens is 272 g/mol. The quantitative estimate of drug-likeness (QED) is 0.681. The molecule has 1 N–H and O–H groups in total. The number of aliphatic hydroxyl groups excluding tert-OH is 1. The summed E-state index contributed by atoms with van der Waals surface area (Å²) in [7, 11) is 0. The van der Waals surface area contributed by atoms with E-state index in [2.05, 4.69) is 4.90 Å². The smallest absolute Gasteiger partial charge is 0.333 e. The van der Waals surface area contributed by atoms with Crippen LogP contribution in [0.2, 0.25) is 0 Å². The van der Waals surface area contributed by atoms with E-state index in [4.69, 9.17) is 4.74 Å². The van der Waals surface area contributed by atoms with Crippen molar-refractivity contribution in [3.8, 4) is 5.75 Å². The van der Waals surface area contributed by atoms with Crippen molar-refractivity contribution in [3.05, 3.63) is 28.3 Å². The van der Waals surface area contributed by atoms with Gasteiger partial charge in [0.2, 0.25) is 0 Å². The third kappa shape index (κ3) is 2.44. The van der Waals surface area contributed by atoms with Crippen molar-refractivity contribution >= 4 is 11.4 Å². The number of anilines is 1. The summed E-state index contributed by atoms with van der Waals surface area (Å²) in [4.78, 5) is 13.3. The molecule has 6 nitrogen and oxygen atoms in total. The van der Waals surface area contributed by atoms with Crippen molar-refractivity contribution in [2.45, 2.75) is 50.8 Å². The predicted molar refractivity (Wildman–Crippen MR) is 78.8 cm³/mol. The third-order valence-electron chi connectivity index (χ3n) is 4.45. The maximum atomic E-state index is 11.5. The van der Waals surface area contributed by atoms with Crippen LogP contribution >= 0.6 is 0 Å². The highest BCUT2D eigenvalue weighted by molar-refractivity contribution is 5.71. The average molecular weight is 292 g/mol. The molecule has 0 aliphatic carbocycles. The number of para-hydroxylation sites is 1. The lowest BCUT2D eigenvalue weighted by Gasteiger charge is -2.38. The van der Waals surface area contributed by atoms with Crippen LogP contribution in [0.4, 0.5) is 11.4 Å². The van der Waals surface area contributed by atoms with Crippen molar-refractivity contribution in [3.63, 3.8) is 0 Å². The number of hydrogen-bond donors (Lipinski definition) is 1. The van der Waals surface area contributed by atoms with Gasteiger partial charge in [-0.1, -0.05) is 6.07 Å². The lowest BCUT2D eigenvalue weighted by molar-refractivity contribution is -0.385. The molecule has 0 spiro atoms. The van der Waals surface area contributed by atoms with Crippen molar-refractivity contribution < 1.29 is 14.8 Å². The number of ether oxygens (including phenoxy) is 1. The van der Waals surface area contributed by atoms with Gasteiger partial charge in [-0.15, -0.1) is 0 Å². The second-order valence-corrected chi connectivity index (χ2v) is 5.73. The molecular formula is C15H20N2O4. The van der Waals surface area contributed by atoms with Gasteiger partial charge in [-0.2, -0.15) is 0 Å². The summed E-state index contributed by atoms with van der Waals surface area (Å²) < 4.78 is 5.42.